The van der Waals surface area contributed by atoms with Crippen LogP contribution in [0.4, 0.5) is 0 Å². The number of aliphatic hydroxyl groups excluding tert-OH is 1. The number of rotatable bonds is 8. The fraction of sp³-hybridized carbons (Fsp3) is 0.929. The summed E-state index contributed by atoms with van der Waals surface area (Å²) < 4.78 is 10.5. The molecule has 0 aliphatic heterocycles. The van der Waals surface area contributed by atoms with E-state index in [1.807, 2.05) is 14.0 Å². The Morgan fingerprint density at radius 3 is 2.58 bits per heavy atom. The van der Waals surface area contributed by atoms with Crippen LogP contribution in [0.15, 0.2) is 0 Å². The van der Waals surface area contributed by atoms with Gasteiger partial charge in [0.1, 0.15) is 5.78 Å². The number of hydrogen-bond acceptors (Lipinski definition) is 5. The first-order chi connectivity index (χ1) is 9.02. The maximum atomic E-state index is 11.2. The van der Waals surface area contributed by atoms with Gasteiger partial charge in [0.25, 0.3) is 0 Å². The fourth-order valence-corrected chi connectivity index (χ4v) is 2.46. The van der Waals surface area contributed by atoms with Crippen LogP contribution in [0.2, 0.25) is 0 Å². The predicted molar refractivity (Wildman–Crippen MR) is 73.2 cm³/mol. The fourth-order valence-electron chi connectivity index (χ4n) is 2.46. The van der Waals surface area contributed by atoms with Crippen LogP contribution >= 0.6 is 0 Å². The van der Waals surface area contributed by atoms with E-state index in [9.17, 15) is 9.90 Å². The third kappa shape index (κ3) is 6.47. The van der Waals surface area contributed by atoms with Crippen molar-refractivity contribution in [2.45, 2.75) is 50.9 Å². The molecule has 0 bridgehead atoms. The molecule has 112 valence electrons. The van der Waals surface area contributed by atoms with Crippen molar-refractivity contribution in [2.24, 2.45) is 0 Å². The van der Waals surface area contributed by atoms with Gasteiger partial charge >= 0.3 is 0 Å². The minimum Gasteiger partial charge on any atom is -0.389 e. The van der Waals surface area contributed by atoms with Gasteiger partial charge in [-0.05, 0) is 26.8 Å². The van der Waals surface area contributed by atoms with Gasteiger partial charge in [0.15, 0.2) is 0 Å². The van der Waals surface area contributed by atoms with Crippen molar-refractivity contribution >= 4 is 5.78 Å². The Bertz CT molecular complexity index is 262. The first-order valence-electron chi connectivity index (χ1n) is 7.03. The monoisotopic (exact) mass is 273 g/mol. The molecule has 1 fully saturated rings. The minimum absolute atomic E-state index is 0.00254. The topological polar surface area (TPSA) is 59.0 Å². The summed E-state index contributed by atoms with van der Waals surface area (Å²) in [6.07, 6.45) is 2.66. The van der Waals surface area contributed by atoms with Crippen molar-refractivity contribution in [3.8, 4) is 0 Å². The van der Waals surface area contributed by atoms with Crippen molar-refractivity contribution in [3.05, 3.63) is 0 Å². The van der Waals surface area contributed by atoms with Gasteiger partial charge in [0.2, 0.25) is 0 Å². The van der Waals surface area contributed by atoms with Crippen molar-refractivity contribution in [1.29, 1.82) is 0 Å². The second-order valence-corrected chi connectivity index (χ2v) is 5.46. The molecule has 0 saturated heterocycles. The molecule has 1 aliphatic rings. The Morgan fingerprint density at radius 1 is 1.37 bits per heavy atom. The number of carbonyl (C=O) groups is 1. The zero-order chi connectivity index (χ0) is 14.3. The highest BCUT2D eigenvalue weighted by molar-refractivity contribution is 5.79. The number of nitrogens with zero attached hydrogens (tertiary/aromatic N) is 1. The van der Waals surface area contributed by atoms with Crippen LogP contribution in [0.1, 0.15) is 32.6 Å². The van der Waals surface area contributed by atoms with E-state index in [4.69, 9.17) is 9.47 Å². The zero-order valence-electron chi connectivity index (χ0n) is 12.3. The highest BCUT2D eigenvalue weighted by Crippen LogP contribution is 2.19. The number of carbonyl (C=O) groups excluding carboxylic acids is 1. The number of aliphatic hydroxyl groups is 1. The lowest BCUT2D eigenvalue weighted by atomic mass is 9.93. The Morgan fingerprint density at radius 2 is 2.00 bits per heavy atom. The van der Waals surface area contributed by atoms with E-state index in [0.717, 1.165) is 12.8 Å². The average Bonchev–Trinajstić information content (AvgIpc) is 2.37. The Labute approximate surface area is 115 Å². The van der Waals surface area contributed by atoms with Crippen LogP contribution < -0.4 is 0 Å². The van der Waals surface area contributed by atoms with Crippen molar-refractivity contribution < 1.29 is 19.4 Å². The van der Waals surface area contributed by atoms with Crippen LogP contribution in [-0.4, -0.2) is 68.0 Å². The van der Waals surface area contributed by atoms with E-state index in [2.05, 4.69) is 4.90 Å². The number of ketones is 1. The summed E-state index contributed by atoms with van der Waals surface area (Å²) in [6, 6.07) is 0.406. The summed E-state index contributed by atoms with van der Waals surface area (Å²) in [4.78, 5) is 13.3. The number of methoxy groups -OCH3 is 1. The number of Topliss-reactive ketones (excluding diaryl/α,β-unsaturated/α-hetero) is 1. The summed E-state index contributed by atoms with van der Waals surface area (Å²) >= 11 is 0. The van der Waals surface area contributed by atoms with Gasteiger partial charge in [-0.3, -0.25) is 4.79 Å². The number of likely N-dealkylation sites (N-methyl/N-ethyl adjacent to an activating group) is 1. The molecule has 0 aromatic heterocycles. The van der Waals surface area contributed by atoms with Gasteiger partial charge in [-0.1, -0.05) is 0 Å². The normalized spacial score (nSPS) is 20.8. The summed E-state index contributed by atoms with van der Waals surface area (Å²) in [5, 5.41) is 9.94. The highest BCUT2D eigenvalue weighted by Gasteiger charge is 2.23. The molecule has 5 heteroatoms. The van der Waals surface area contributed by atoms with Gasteiger partial charge < -0.3 is 19.5 Å². The molecule has 0 heterocycles. The quantitative estimate of drug-likeness (QED) is 0.710. The highest BCUT2D eigenvalue weighted by atomic mass is 16.5. The molecule has 1 N–H and O–H groups in total. The molecular weight excluding hydrogens is 246 g/mol. The number of ether oxygens (including phenoxy) is 2. The average molecular weight is 273 g/mol. The van der Waals surface area contributed by atoms with Gasteiger partial charge in [-0.25, -0.2) is 0 Å². The van der Waals surface area contributed by atoms with E-state index >= 15 is 0 Å². The minimum atomic E-state index is -0.498. The molecule has 1 rings (SSSR count). The Balaban J connectivity index is 2.20. The smallest absolute Gasteiger partial charge is 0.133 e. The van der Waals surface area contributed by atoms with Crippen LogP contribution in [0.3, 0.4) is 0 Å². The molecule has 0 aromatic carbocycles. The summed E-state index contributed by atoms with van der Waals surface area (Å²) in [7, 11) is 3.64. The molecule has 0 aromatic rings. The molecular formula is C14H27NO4. The molecule has 0 spiro atoms. The van der Waals surface area contributed by atoms with Crippen LogP contribution in [-0.2, 0) is 14.3 Å². The van der Waals surface area contributed by atoms with E-state index in [-0.39, 0.29) is 6.10 Å². The Hall–Kier alpha value is -0.490. The third-order valence-corrected chi connectivity index (χ3v) is 3.61. The van der Waals surface area contributed by atoms with Crippen molar-refractivity contribution in [1.82, 2.24) is 4.90 Å². The van der Waals surface area contributed by atoms with Crippen molar-refractivity contribution in [2.75, 3.05) is 33.9 Å². The maximum absolute atomic E-state index is 11.2. The standard InChI is InChI=1S/C14H27NO4/c1-11(9-18-3)19-10-14(17)8-15(2)12-4-6-13(16)7-5-12/h11-12,14,17H,4-10H2,1-3H3. The predicted octanol–water partition coefficient (Wildman–Crippen LogP) is 0.842. The molecule has 19 heavy (non-hydrogen) atoms. The largest absolute Gasteiger partial charge is 0.389 e. The second-order valence-electron chi connectivity index (χ2n) is 5.46. The SMILES string of the molecule is COCC(C)OCC(O)CN(C)C1CCC(=O)CC1. The van der Waals surface area contributed by atoms with Gasteiger partial charge in [0, 0.05) is 32.5 Å². The molecule has 1 saturated carbocycles. The van der Waals surface area contributed by atoms with Crippen LogP contribution in [0, 0.1) is 0 Å². The zero-order valence-corrected chi connectivity index (χ0v) is 12.3. The third-order valence-electron chi connectivity index (χ3n) is 3.61. The maximum Gasteiger partial charge on any atom is 0.133 e. The van der Waals surface area contributed by atoms with Crippen molar-refractivity contribution in [3.63, 3.8) is 0 Å². The second kappa shape index (κ2) is 8.64. The molecule has 1 aliphatic carbocycles. The van der Waals surface area contributed by atoms with Crippen LogP contribution in [0.5, 0.6) is 0 Å². The summed E-state index contributed by atoms with van der Waals surface area (Å²) in [5.74, 6) is 0.363. The van der Waals surface area contributed by atoms with Gasteiger partial charge in [-0.2, -0.15) is 0 Å². The first-order valence-corrected chi connectivity index (χ1v) is 7.03. The molecule has 5 nitrogen and oxygen atoms in total. The summed E-state index contributed by atoms with van der Waals surface area (Å²) in [5.41, 5.74) is 0. The lowest BCUT2D eigenvalue weighted by molar-refractivity contribution is -0.121. The van der Waals surface area contributed by atoms with Gasteiger partial charge in [-0.15, -0.1) is 0 Å². The van der Waals surface area contributed by atoms with Gasteiger partial charge in [0.05, 0.1) is 25.4 Å². The molecule has 0 radical (unpaired) electrons. The van der Waals surface area contributed by atoms with E-state index in [1.54, 1.807) is 7.11 Å². The lowest BCUT2D eigenvalue weighted by Crippen LogP contribution is -2.41. The Kier molecular flexibility index (Phi) is 7.53. The summed E-state index contributed by atoms with van der Waals surface area (Å²) in [6.45, 7) is 3.36. The van der Waals surface area contributed by atoms with E-state index in [1.165, 1.54) is 0 Å². The lowest BCUT2D eigenvalue weighted by Gasteiger charge is -2.32. The molecule has 0 amide bonds. The first kappa shape index (κ1) is 16.6. The molecule has 2 atom stereocenters. The molecule has 2 unspecified atom stereocenters. The van der Waals surface area contributed by atoms with Crippen LogP contribution in [0.25, 0.3) is 0 Å². The van der Waals surface area contributed by atoms with E-state index < -0.39 is 6.10 Å². The van der Waals surface area contributed by atoms with E-state index in [0.29, 0.717) is 44.4 Å². The number of hydrogen-bond donors (Lipinski definition) is 1.